The average Bonchev–Trinajstić information content (AvgIpc) is 2.64. The molecule has 0 spiro atoms. The van der Waals surface area contributed by atoms with E-state index in [0.717, 1.165) is 22.9 Å². The number of rotatable bonds is 2. The van der Waals surface area contributed by atoms with Crippen LogP contribution in [0.5, 0.6) is 5.75 Å². The van der Waals surface area contributed by atoms with Gasteiger partial charge in [-0.1, -0.05) is 25.4 Å². The Morgan fingerprint density at radius 3 is 2.90 bits per heavy atom. The highest BCUT2D eigenvalue weighted by atomic mass is 35.5. The van der Waals surface area contributed by atoms with Gasteiger partial charge in [-0.25, -0.2) is 0 Å². The zero-order valence-corrected chi connectivity index (χ0v) is 13.4. The van der Waals surface area contributed by atoms with Crippen molar-refractivity contribution in [3.05, 3.63) is 28.3 Å². The van der Waals surface area contributed by atoms with Gasteiger partial charge in [-0.3, -0.25) is 4.90 Å². The van der Waals surface area contributed by atoms with Gasteiger partial charge in [-0.2, -0.15) is 0 Å². The van der Waals surface area contributed by atoms with Gasteiger partial charge in [-0.05, 0) is 18.6 Å². The van der Waals surface area contributed by atoms with Crippen LogP contribution in [-0.2, 0) is 12.0 Å². The van der Waals surface area contributed by atoms with Crippen LogP contribution in [0.15, 0.2) is 12.1 Å². The van der Waals surface area contributed by atoms with Crippen molar-refractivity contribution in [2.24, 2.45) is 5.73 Å². The minimum Gasteiger partial charge on any atom is -0.492 e. The Kier molecular flexibility index (Phi) is 3.91. The fourth-order valence-corrected chi connectivity index (χ4v) is 3.58. The van der Waals surface area contributed by atoms with E-state index in [0.29, 0.717) is 26.1 Å². The van der Waals surface area contributed by atoms with Crippen LogP contribution in [0.4, 0.5) is 0 Å². The van der Waals surface area contributed by atoms with Gasteiger partial charge in [0.1, 0.15) is 5.75 Å². The number of hydrogen-bond acceptors (Lipinski definition) is 4. The molecule has 1 saturated heterocycles. The molecule has 0 bridgehead atoms. The highest BCUT2D eigenvalue weighted by Gasteiger charge is 2.34. The maximum Gasteiger partial charge on any atom is 0.127 e. The molecule has 2 aliphatic rings. The number of aliphatic hydroxyl groups is 1. The van der Waals surface area contributed by atoms with Crippen molar-refractivity contribution in [3.63, 3.8) is 0 Å². The van der Waals surface area contributed by atoms with Gasteiger partial charge < -0.3 is 15.6 Å². The number of nitrogens with two attached hydrogens (primary N) is 1. The SMILES string of the molecule is CC1(C)COc2c(CN3CC(N)CC(O)C3)cc(Cl)cc21. The second-order valence-electron chi connectivity index (χ2n) is 6.96. The van der Waals surface area contributed by atoms with Crippen molar-refractivity contribution in [1.82, 2.24) is 4.90 Å². The Morgan fingerprint density at radius 1 is 1.43 bits per heavy atom. The molecule has 3 rings (SSSR count). The summed E-state index contributed by atoms with van der Waals surface area (Å²) < 4.78 is 5.92. The Balaban J connectivity index is 1.87. The van der Waals surface area contributed by atoms with Crippen molar-refractivity contribution in [2.75, 3.05) is 19.7 Å². The van der Waals surface area contributed by atoms with E-state index in [-0.39, 0.29) is 17.6 Å². The lowest BCUT2D eigenvalue weighted by Crippen LogP contribution is -2.48. The zero-order valence-electron chi connectivity index (χ0n) is 12.6. The molecule has 1 aromatic rings. The summed E-state index contributed by atoms with van der Waals surface area (Å²) in [6.45, 7) is 7.17. The maximum atomic E-state index is 9.88. The molecule has 2 aliphatic heterocycles. The molecule has 2 unspecified atom stereocenters. The Morgan fingerprint density at radius 2 is 2.19 bits per heavy atom. The summed E-state index contributed by atoms with van der Waals surface area (Å²) in [4.78, 5) is 2.18. The van der Waals surface area contributed by atoms with Crippen LogP contribution in [0.1, 0.15) is 31.4 Å². The Hall–Kier alpha value is -0.810. The molecule has 3 N–H and O–H groups in total. The van der Waals surface area contributed by atoms with E-state index in [2.05, 4.69) is 18.7 Å². The van der Waals surface area contributed by atoms with E-state index in [1.54, 1.807) is 0 Å². The summed E-state index contributed by atoms with van der Waals surface area (Å²) in [5.41, 5.74) is 8.25. The summed E-state index contributed by atoms with van der Waals surface area (Å²) in [5, 5.41) is 10.6. The number of β-amino-alcohol motifs (C(OH)–C–C–N with tert-alkyl or cyclic N) is 1. The van der Waals surface area contributed by atoms with E-state index >= 15 is 0 Å². The van der Waals surface area contributed by atoms with Crippen molar-refractivity contribution in [1.29, 1.82) is 0 Å². The van der Waals surface area contributed by atoms with Crippen molar-refractivity contribution >= 4 is 11.6 Å². The third-order valence-electron chi connectivity index (χ3n) is 4.37. The van der Waals surface area contributed by atoms with Crippen LogP contribution in [0.25, 0.3) is 0 Å². The van der Waals surface area contributed by atoms with Crippen molar-refractivity contribution < 1.29 is 9.84 Å². The predicted octanol–water partition coefficient (Wildman–Crippen LogP) is 1.90. The van der Waals surface area contributed by atoms with Gasteiger partial charge in [0.2, 0.25) is 0 Å². The molecule has 0 aromatic heterocycles. The number of fused-ring (bicyclic) bond motifs is 1. The molecule has 2 atom stereocenters. The molecule has 1 aromatic carbocycles. The number of nitrogens with zero attached hydrogens (tertiary/aromatic N) is 1. The number of piperidine rings is 1. The van der Waals surface area contributed by atoms with Gasteiger partial charge in [-0.15, -0.1) is 0 Å². The summed E-state index contributed by atoms with van der Waals surface area (Å²) in [7, 11) is 0. The standard InChI is InChI=1S/C16H23ClN2O2/c1-16(2)9-21-15-10(3-11(17)4-14(15)16)6-19-7-12(18)5-13(20)8-19/h3-4,12-13,20H,5-9,18H2,1-2H3. The van der Waals surface area contributed by atoms with Crippen molar-refractivity contribution in [3.8, 4) is 5.75 Å². The van der Waals surface area contributed by atoms with Gasteiger partial charge in [0.25, 0.3) is 0 Å². The number of halogens is 1. The van der Waals surface area contributed by atoms with Gasteiger partial charge >= 0.3 is 0 Å². The predicted molar refractivity (Wildman–Crippen MR) is 83.8 cm³/mol. The minimum absolute atomic E-state index is 0.00714. The van der Waals surface area contributed by atoms with E-state index < -0.39 is 0 Å². The fraction of sp³-hybridized carbons (Fsp3) is 0.625. The molecule has 5 heteroatoms. The molecule has 116 valence electrons. The summed E-state index contributed by atoms with van der Waals surface area (Å²) in [6, 6.07) is 4.00. The van der Waals surface area contributed by atoms with E-state index in [4.69, 9.17) is 22.1 Å². The zero-order chi connectivity index (χ0) is 15.2. The second kappa shape index (κ2) is 5.43. The summed E-state index contributed by atoms with van der Waals surface area (Å²) >= 11 is 6.28. The number of benzene rings is 1. The molecular weight excluding hydrogens is 288 g/mol. The van der Waals surface area contributed by atoms with Gasteiger partial charge in [0.15, 0.2) is 0 Å². The maximum absolute atomic E-state index is 9.88. The van der Waals surface area contributed by atoms with Gasteiger partial charge in [0, 0.05) is 47.2 Å². The minimum atomic E-state index is -0.349. The second-order valence-corrected chi connectivity index (χ2v) is 7.39. The Bertz CT molecular complexity index is 537. The highest BCUT2D eigenvalue weighted by Crippen LogP contribution is 2.42. The molecule has 21 heavy (non-hydrogen) atoms. The molecule has 0 radical (unpaired) electrons. The topological polar surface area (TPSA) is 58.7 Å². The van der Waals surface area contributed by atoms with Crippen LogP contribution in [0.2, 0.25) is 5.02 Å². The van der Waals surface area contributed by atoms with Crippen LogP contribution in [-0.4, -0.2) is 41.8 Å². The Labute approximate surface area is 130 Å². The molecule has 0 amide bonds. The molecule has 0 aliphatic carbocycles. The lowest BCUT2D eigenvalue weighted by atomic mass is 9.86. The molecule has 1 fully saturated rings. The smallest absolute Gasteiger partial charge is 0.127 e. The van der Waals surface area contributed by atoms with Crippen molar-refractivity contribution in [2.45, 2.75) is 44.4 Å². The third-order valence-corrected chi connectivity index (χ3v) is 4.59. The quantitative estimate of drug-likeness (QED) is 0.876. The highest BCUT2D eigenvalue weighted by molar-refractivity contribution is 6.30. The summed E-state index contributed by atoms with van der Waals surface area (Å²) in [6.07, 6.45) is 0.326. The average molecular weight is 311 g/mol. The van der Waals surface area contributed by atoms with E-state index in [9.17, 15) is 5.11 Å². The first-order valence-electron chi connectivity index (χ1n) is 7.47. The van der Waals surface area contributed by atoms with Crippen LogP contribution in [0, 0.1) is 0 Å². The molecule has 0 saturated carbocycles. The first-order chi connectivity index (χ1) is 9.85. The first-order valence-corrected chi connectivity index (χ1v) is 7.84. The monoisotopic (exact) mass is 310 g/mol. The van der Waals surface area contributed by atoms with Crippen LogP contribution in [0.3, 0.4) is 0 Å². The normalized spacial score (nSPS) is 28.2. The lowest BCUT2D eigenvalue weighted by Gasteiger charge is -2.34. The number of hydrogen-bond donors (Lipinski definition) is 2. The molecular formula is C16H23ClN2O2. The fourth-order valence-electron chi connectivity index (χ4n) is 3.34. The number of likely N-dealkylation sites (tertiary alicyclic amines) is 1. The third kappa shape index (κ3) is 3.04. The molecule has 4 nitrogen and oxygen atoms in total. The lowest BCUT2D eigenvalue weighted by molar-refractivity contribution is 0.0560. The first kappa shape index (κ1) is 15.1. The van der Waals surface area contributed by atoms with Crippen LogP contribution >= 0.6 is 11.6 Å². The number of ether oxygens (including phenoxy) is 1. The van der Waals surface area contributed by atoms with Gasteiger partial charge in [0.05, 0.1) is 12.7 Å². The number of aliphatic hydroxyl groups excluding tert-OH is 1. The largest absolute Gasteiger partial charge is 0.492 e. The van der Waals surface area contributed by atoms with E-state index in [1.165, 1.54) is 5.56 Å². The van der Waals surface area contributed by atoms with Crippen LogP contribution < -0.4 is 10.5 Å². The molecule has 2 heterocycles. The summed E-state index contributed by atoms with van der Waals surface area (Å²) in [5.74, 6) is 0.957. The van der Waals surface area contributed by atoms with E-state index in [1.807, 2.05) is 12.1 Å².